The lowest BCUT2D eigenvalue weighted by atomic mass is 10.2. The minimum atomic E-state index is -0.329. The molecule has 0 saturated heterocycles. The van der Waals surface area contributed by atoms with Crippen LogP contribution in [0.25, 0.3) is 0 Å². The van der Waals surface area contributed by atoms with Crippen molar-refractivity contribution in [2.75, 3.05) is 11.9 Å². The van der Waals surface area contributed by atoms with E-state index in [-0.39, 0.29) is 23.2 Å². The molecule has 0 fully saturated rings. The number of aliphatic hydroxyl groups excluding tert-OH is 1. The van der Waals surface area contributed by atoms with Crippen LogP contribution in [0.15, 0.2) is 10.9 Å². The van der Waals surface area contributed by atoms with Gasteiger partial charge in [0.2, 0.25) is 5.43 Å². The van der Waals surface area contributed by atoms with Crippen LogP contribution in [0.2, 0.25) is 5.15 Å². The fourth-order valence-electron chi connectivity index (χ4n) is 1.13. The SMILES string of the molecule is CCC(CO)Nc1cc(=O)c(Cl)nn1C. The molecular weight excluding hydrogens is 218 g/mol. The van der Waals surface area contributed by atoms with Crippen LogP contribution >= 0.6 is 11.6 Å². The highest BCUT2D eigenvalue weighted by Crippen LogP contribution is 2.07. The molecule has 2 N–H and O–H groups in total. The molecule has 15 heavy (non-hydrogen) atoms. The smallest absolute Gasteiger partial charge is 0.221 e. The second kappa shape index (κ2) is 5.14. The fraction of sp³-hybridized carbons (Fsp3) is 0.556. The zero-order chi connectivity index (χ0) is 11.4. The van der Waals surface area contributed by atoms with Gasteiger partial charge in [-0.05, 0) is 6.42 Å². The van der Waals surface area contributed by atoms with E-state index >= 15 is 0 Å². The average molecular weight is 232 g/mol. The summed E-state index contributed by atoms with van der Waals surface area (Å²) in [5, 5.41) is 15.8. The van der Waals surface area contributed by atoms with Gasteiger partial charge in [-0.15, -0.1) is 0 Å². The van der Waals surface area contributed by atoms with Gasteiger partial charge in [0.05, 0.1) is 12.6 Å². The number of anilines is 1. The van der Waals surface area contributed by atoms with Crippen LogP contribution in [0.3, 0.4) is 0 Å². The lowest BCUT2D eigenvalue weighted by molar-refractivity contribution is 0.271. The van der Waals surface area contributed by atoms with Gasteiger partial charge in [0.1, 0.15) is 5.82 Å². The molecule has 84 valence electrons. The van der Waals surface area contributed by atoms with Crippen molar-refractivity contribution in [2.45, 2.75) is 19.4 Å². The quantitative estimate of drug-likeness (QED) is 0.797. The van der Waals surface area contributed by atoms with Crippen molar-refractivity contribution < 1.29 is 5.11 Å². The lowest BCUT2D eigenvalue weighted by Crippen LogP contribution is -2.26. The molecular formula is C9H14ClN3O2. The van der Waals surface area contributed by atoms with Crippen LogP contribution < -0.4 is 10.7 Å². The van der Waals surface area contributed by atoms with E-state index in [1.54, 1.807) is 7.05 Å². The Morgan fingerprint density at radius 3 is 2.93 bits per heavy atom. The number of aliphatic hydroxyl groups is 1. The summed E-state index contributed by atoms with van der Waals surface area (Å²) in [5.74, 6) is 0.547. The highest BCUT2D eigenvalue weighted by Gasteiger charge is 2.08. The van der Waals surface area contributed by atoms with Gasteiger partial charge in [-0.2, -0.15) is 5.10 Å². The molecule has 0 aliphatic carbocycles. The average Bonchev–Trinajstić information content (AvgIpc) is 2.21. The van der Waals surface area contributed by atoms with Crippen LogP contribution in [0, 0.1) is 0 Å². The van der Waals surface area contributed by atoms with Crippen molar-refractivity contribution in [3.63, 3.8) is 0 Å². The Morgan fingerprint density at radius 2 is 2.40 bits per heavy atom. The first kappa shape index (κ1) is 12.0. The van der Waals surface area contributed by atoms with Gasteiger partial charge in [-0.3, -0.25) is 9.48 Å². The molecule has 1 rings (SSSR count). The number of nitrogens with zero attached hydrogens (tertiary/aromatic N) is 2. The van der Waals surface area contributed by atoms with E-state index in [2.05, 4.69) is 10.4 Å². The van der Waals surface area contributed by atoms with Crippen molar-refractivity contribution in [3.8, 4) is 0 Å². The molecule has 0 aliphatic rings. The van der Waals surface area contributed by atoms with Crippen molar-refractivity contribution in [3.05, 3.63) is 21.4 Å². The third-order valence-electron chi connectivity index (χ3n) is 2.12. The highest BCUT2D eigenvalue weighted by atomic mass is 35.5. The summed E-state index contributed by atoms with van der Waals surface area (Å²) in [6, 6.07) is 1.28. The van der Waals surface area contributed by atoms with Gasteiger partial charge < -0.3 is 10.4 Å². The first-order valence-electron chi connectivity index (χ1n) is 4.69. The normalized spacial score (nSPS) is 12.5. The predicted octanol–water partition coefficient (Wildman–Crippen LogP) is 0.616. The number of hydrogen-bond donors (Lipinski definition) is 2. The summed E-state index contributed by atoms with van der Waals surface area (Å²) >= 11 is 5.57. The molecule has 0 aliphatic heterocycles. The van der Waals surface area contributed by atoms with Crippen molar-refractivity contribution in [2.24, 2.45) is 7.05 Å². The lowest BCUT2D eigenvalue weighted by Gasteiger charge is -2.17. The standard InChI is InChI=1S/C9H14ClN3O2/c1-3-6(5-14)11-8-4-7(15)9(10)12-13(8)2/h4,6,11,14H,3,5H2,1-2H3. The van der Waals surface area contributed by atoms with E-state index in [0.29, 0.717) is 5.82 Å². The highest BCUT2D eigenvalue weighted by molar-refractivity contribution is 6.29. The Hall–Kier alpha value is -1.07. The van der Waals surface area contributed by atoms with E-state index in [1.807, 2.05) is 6.92 Å². The Balaban J connectivity index is 2.95. The van der Waals surface area contributed by atoms with Crippen LogP contribution in [0.1, 0.15) is 13.3 Å². The fourth-order valence-corrected chi connectivity index (χ4v) is 1.30. The Bertz CT molecular complexity index is 387. The molecule has 1 heterocycles. The Labute approximate surface area is 92.7 Å². The molecule has 0 radical (unpaired) electrons. The van der Waals surface area contributed by atoms with Crippen molar-refractivity contribution >= 4 is 17.4 Å². The summed E-state index contributed by atoms with van der Waals surface area (Å²) < 4.78 is 1.47. The second-order valence-electron chi connectivity index (χ2n) is 3.24. The molecule has 0 aromatic carbocycles. The number of hydrogen-bond acceptors (Lipinski definition) is 4. The maximum atomic E-state index is 11.2. The van der Waals surface area contributed by atoms with Crippen molar-refractivity contribution in [1.29, 1.82) is 0 Å². The first-order valence-corrected chi connectivity index (χ1v) is 5.07. The number of nitrogens with one attached hydrogen (secondary N) is 1. The van der Waals surface area contributed by atoms with E-state index in [9.17, 15) is 4.79 Å². The second-order valence-corrected chi connectivity index (χ2v) is 3.60. The van der Waals surface area contributed by atoms with Gasteiger partial charge in [-0.25, -0.2) is 0 Å². The van der Waals surface area contributed by atoms with Crippen LogP contribution in [-0.2, 0) is 7.05 Å². The summed E-state index contributed by atoms with van der Waals surface area (Å²) in [6.07, 6.45) is 0.757. The predicted molar refractivity (Wildman–Crippen MR) is 59.3 cm³/mol. The summed E-state index contributed by atoms with van der Waals surface area (Å²) in [6.45, 7) is 1.95. The topological polar surface area (TPSA) is 67.2 Å². The summed E-state index contributed by atoms with van der Waals surface area (Å²) in [4.78, 5) is 11.2. The number of rotatable bonds is 4. The molecule has 5 nitrogen and oxygen atoms in total. The van der Waals surface area contributed by atoms with Gasteiger partial charge in [0.15, 0.2) is 5.15 Å². The van der Waals surface area contributed by atoms with Gasteiger partial charge in [0.25, 0.3) is 0 Å². The number of aromatic nitrogens is 2. The van der Waals surface area contributed by atoms with E-state index in [4.69, 9.17) is 16.7 Å². The molecule has 0 saturated carbocycles. The molecule has 1 unspecified atom stereocenters. The molecule has 0 spiro atoms. The molecule has 0 bridgehead atoms. The summed E-state index contributed by atoms with van der Waals surface area (Å²) in [5.41, 5.74) is -0.329. The van der Waals surface area contributed by atoms with Gasteiger partial charge in [-0.1, -0.05) is 18.5 Å². The van der Waals surface area contributed by atoms with Crippen LogP contribution in [0.5, 0.6) is 0 Å². The zero-order valence-electron chi connectivity index (χ0n) is 8.70. The zero-order valence-corrected chi connectivity index (χ0v) is 9.45. The van der Waals surface area contributed by atoms with E-state index < -0.39 is 0 Å². The molecule has 1 aromatic rings. The molecule has 0 amide bonds. The number of aryl methyl sites for hydroxylation is 1. The van der Waals surface area contributed by atoms with E-state index in [0.717, 1.165) is 6.42 Å². The van der Waals surface area contributed by atoms with E-state index in [1.165, 1.54) is 10.7 Å². The molecule has 1 aromatic heterocycles. The largest absolute Gasteiger partial charge is 0.394 e. The Kier molecular flexibility index (Phi) is 4.11. The maximum absolute atomic E-state index is 11.2. The monoisotopic (exact) mass is 231 g/mol. The summed E-state index contributed by atoms with van der Waals surface area (Å²) in [7, 11) is 1.68. The minimum absolute atomic E-state index is 0.00726. The van der Waals surface area contributed by atoms with Crippen LogP contribution in [0.4, 0.5) is 5.82 Å². The minimum Gasteiger partial charge on any atom is -0.394 e. The first-order chi connectivity index (χ1) is 7.08. The molecule has 1 atom stereocenters. The Morgan fingerprint density at radius 1 is 1.73 bits per heavy atom. The maximum Gasteiger partial charge on any atom is 0.221 e. The third kappa shape index (κ3) is 2.94. The number of halogens is 1. The van der Waals surface area contributed by atoms with Crippen molar-refractivity contribution in [1.82, 2.24) is 9.78 Å². The van der Waals surface area contributed by atoms with Gasteiger partial charge >= 0.3 is 0 Å². The van der Waals surface area contributed by atoms with Gasteiger partial charge in [0, 0.05) is 13.1 Å². The van der Waals surface area contributed by atoms with Crippen LogP contribution in [-0.4, -0.2) is 27.5 Å². The third-order valence-corrected chi connectivity index (χ3v) is 2.38. The molecule has 6 heteroatoms.